The Kier molecular flexibility index (Phi) is 6.28. The Morgan fingerprint density at radius 2 is 1.95 bits per heavy atom. The van der Waals surface area contributed by atoms with E-state index in [0.29, 0.717) is 11.5 Å². The van der Waals surface area contributed by atoms with Crippen LogP contribution in [0.1, 0.15) is 53.9 Å². The molecule has 2 unspecified atom stereocenters. The van der Waals surface area contributed by atoms with Gasteiger partial charge >= 0.3 is 0 Å². The molecule has 1 N–H and O–H groups in total. The molecule has 0 radical (unpaired) electrons. The van der Waals surface area contributed by atoms with Gasteiger partial charge in [0.25, 0.3) is 0 Å². The van der Waals surface area contributed by atoms with Gasteiger partial charge in [-0.2, -0.15) is 0 Å². The third kappa shape index (κ3) is 6.24. The van der Waals surface area contributed by atoms with Crippen LogP contribution in [-0.2, 0) is 4.74 Å². The fourth-order valence-electron chi connectivity index (χ4n) is 2.98. The van der Waals surface area contributed by atoms with Crippen molar-refractivity contribution in [2.24, 2.45) is 5.41 Å². The molecule has 0 aromatic carbocycles. The average Bonchev–Trinajstić information content (AvgIpc) is 2.73. The van der Waals surface area contributed by atoms with Crippen molar-refractivity contribution >= 4 is 0 Å². The molecule has 2 atom stereocenters. The highest BCUT2D eigenvalue weighted by atomic mass is 16.5. The summed E-state index contributed by atoms with van der Waals surface area (Å²) < 4.78 is 5.47. The lowest BCUT2D eigenvalue weighted by Gasteiger charge is -2.36. The standard InChI is InChI=1S/C16H34N2O/c1-7-9-16(5,12-17-15(2,3)4)13-18-10-8-14(11-18)19-6/h14,17H,7-13H2,1-6H3. The van der Waals surface area contributed by atoms with Crippen LogP contribution in [0.5, 0.6) is 0 Å². The second-order valence-corrected chi connectivity index (χ2v) is 7.55. The predicted octanol–water partition coefficient (Wildman–Crippen LogP) is 2.90. The number of hydrogen-bond donors (Lipinski definition) is 1. The first-order valence-corrected chi connectivity index (χ1v) is 7.78. The van der Waals surface area contributed by atoms with Crippen LogP contribution in [0.4, 0.5) is 0 Å². The quantitative estimate of drug-likeness (QED) is 0.770. The summed E-state index contributed by atoms with van der Waals surface area (Å²) in [4.78, 5) is 2.58. The van der Waals surface area contributed by atoms with E-state index in [1.807, 2.05) is 7.11 Å². The first kappa shape index (κ1) is 16.9. The molecule has 0 bridgehead atoms. The van der Waals surface area contributed by atoms with Gasteiger partial charge in [0, 0.05) is 38.8 Å². The van der Waals surface area contributed by atoms with E-state index in [0.717, 1.165) is 13.1 Å². The Morgan fingerprint density at radius 3 is 2.42 bits per heavy atom. The minimum atomic E-state index is 0.203. The van der Waals surface area contributed by atoms with Gasteiger partial charge in [0.05, 0.1) is 6.10 Å². The Balaban J connectivity index is 2.51. The largest absolute Gasteiger partial charge is 0.380 e. The summed E-state index contributed by atoms with van der Waals surface area (Å²) in [5, 5.41) is 3.69. The smallest absolute Gasteiger partial charge is 0.0710 e. The molecule has 0 amide bonds. The second kappa shape index (κ2) is 7.05. The molecule has 1 aliphatic rings. The number of ether oxygens (including phenoxy) is 1. The molecule has 1 saturated heterocycles. The zero-order valence-electron chi connectivity index (χ0n) is 13.9. The molecule has 1 heterocycles. The number of rotatable bonds is 7. The van der Waals surface area contributed by atoms with Crippen molar-refractivity contribution in [2.45, 2.75) is 65.5 Å². The SMILES string of the molecule is CCCC(C)(CNC(C)(C)C)CN1CCC(OC)C1. The highest BCUT2D eigenvalue weighted by Crippen LogP contribution is 2.27. The van der Waals surface area contributed by atoms with E-state index in [1.54, 1.807) is 0 Å². The van der Waals surface area contributed by atoms with Crippen molar-refractivity contribution in [3.05, 3.63) is 0 Å². The Labute approximate surface area is 120 Å². The summed E-state index contributed by atoms with van der Waals surface area (Å²) >= 11 is 0. The third-order valence-corrected chi connectivity index (χ3v) is 4.07. The summed E-state index contributed by atoms with van der Waals surface area (Å²) in [6.07, 6.45) is 4.17. The zero-order valence-corrected chi connectivity index (χ0v) is 13.9. The van der Waals surface area contributed by atoms with Crippen molar-refractivity contribution < 1.29 is 4.74 Å². The van der Waals surface area contributed by atoms with Crippen molar-refractivity contribution in [2.75, 3.05) is 33.3 Å². The predicted molar refractivity (Wildman–Crippen MR) is 82.6 cm³/mol. The zero-order chi connectivity index (χ0) is 14.5. The van der Waals surface area contributed by atoms with Crippen LogP contribution in [0.2, 0.25) is 0 Å². The van der Waals surface area contributed by atoms with Gasteiger partial charge in [-0.3, -0.25) is 0 Å². The summed E-state index contributed by atoms with van der Waals surface area (Å²) in [6.45, 7) is 16.0. The summed E-state index contributed by atoms with van der Waals surface area (Å²) in [6, 6.07) is 0. The topological polar surface area (TPSA) is 24.5 Å². The number of methoxy groups -OCH3 is 1. The van der Waals surface area contributed by atoms with Crippen LogP contribution in [-0.4, -0.2) is 49.8 Å². The van der Waals surface area contributed by atoms with Crippen LogP contribution in [0.25, 0.3) is 0 Å². The lowest BCUT2D eigenvalue weighted by molar-refractivity contribution is 0.0959. The van der Waals surface area contributed by atoms with E-state index in [-0.39, 0.29) is 5.54 Å². The van der Waals surface area contributed by atoms with Crippen LogP contribution in [0.3, 0.4) is 0 Å². The van der Waals surface area contributed by atoms with Crippen LogP contribution < -0.4 is 5.32 Å². The van der Waals surface area contributed by atoms with E-state index in [1.165, 1.54) is 32.4 Å². The molecule has 114 valence electrons. The lowest BCUT2D eigenvalue weighted by Crippen LogP contribution is -2.47. The van der Waals surface area contributed by atoms with Crippen LogP contribution >= 0.6 is 0 Å². The fourth-order valence-corrected chi connectivity index (χ4v) is 2.98. The molecule has 0 aliphatic carbocycles. The molecule has 0 aromatic rings. The van der Waals surface area contributed by atoms with Crippen LogP contribution in [0.15, 0.2) is 0 Å². The first-order valence-electron chi connectivity index (χ1n) is 7.78. The Bertz CT molecular complexity index is 262. The minimum Gasteiger partial charge on any atom is -0.380 e. The highest BCUT2D eigenvalue weighted by molar-refractivity contribution is 4.87. The Hall–Kier alpha value is -0.120. The number of likely N-dealkylation sites (tertiary alicyclic amines) is 1. The second-order valence-electron chi connectivity index (χ2n) is 7.55. The maximum absolute atomic E-state index is 5.47. The monoisotopic (exact) mass is 270 g/mol. The van der Waals surface area contributed by atoms with Crippen molar-refractivity contribution in [1.82, 2.24) is 10.2 Å². The van der Waals surface area contributed by atoms with Gasteiger partial charge in [0.1, 0.15) is 0 Å². The molecule has 1 rings (SSSR count). The van der Waals surface area contributed by atoms with Gasteiger partial charge in [-0.1, -0.05) is 20.3 Å². The maximum atomic E-state index is 5.47. The molecule has 3 heteroatoms. The third-order valence-electron chi connectivity index (χ3n) is 4.07. The summed E-state index contributed by atoms with van der Waals surface area (Å²) in [5.41, 5.74) is 0.569. The highest BCUT2D eigenvalue weighted by Gasteiger charge is 2.31. The molecular weight excluding hydrogens is 236 g/mol. The van der Waals surface area contributed by atoms with E-state index < -0.39 is 0 Å². The van der Waals surface area contributed by atoms with Gasteiger partial charge in [0.2, 0.25) is 0 Å². The van der Waals surface area contributed by atoms with Gasteiger partial charge in [-0.25, -0.2) is 0 Å². The van der Waals surface area contributed by atoms with Crippen molar-refractivity contribution in [1.29, 1.82) is 0 Å². The van der Waals surface area contributed by atoms with Crippen molar-refractivity contribution in [3.63, 3.8) is 0 Å². The molecular formula is C16H34N2O. The van der Waals surface area contributed by atoms with E-state index in [2.05, 4.69) is 44.8 Å². The van der Waals surface area contributed by atoms with Gasteiger partial charge < -0.3 is 15.0 Å². The van der Waals surface area contributed by atoms with Gasteiger partial charge in [-0.15, -0.1) is 0 Å². The molecule has 3 nitrogen and oxygen atoms in total. The molecule has 1 aliphatic heterocycles. The van der Waals surface area contributed by atoms with E-state index in [9.17, 15) is 0 Å². The lowest BCUT2D eigenvalue weighted by atomic mass is 9.84. The van der Waals surface area contributed by atoms with Gasteiger partial charge in [-0.05, 0) is 39.0 Å². The maximum Gasteiger partial charge on any atom is 0.0710 e. The molecule has 19 heavy (non-hydrogen) atoms. The van der Waals surface area contributed by atoms with E-state index in [4.69, 9.17) is 4.74 Å². The first-order chi connectivity index (χ1) is 8.78. The fraction of sp³-hybridized carbons (Fsp3) is 1.00. The van der Waals surface area contributed by atoms with Crippen LogP contribution in [0, 0.1) is 5.41 Å². The minimum absolute atomic E-state index is 0.203. The Morgan fingerprint density at radius 1 is 1.26 bits per heavy atom. The number of hydrogen-bond acceptors (Lipinski definition) is 3. The number of nitrogens with zero attached hydrogens (tertiary/aromatic N) is 1. The molecule has 1 fully saturated rings. The average molecular weight is 270 g/mol. The van der Waals surface area contributed by atoms with Gasteiger partial charge in [0.15, 0.2) is 0 Å². The molecule has 0 aromatic heterocycles. The molecule has 0 spiro atoms. The summed E-state index contributed by atoms with van der Waals surface area (Å²) in [5.74, 6) is 0. The van der Waals surface area contributed by atoms with E-state index >= 15 is 0 Å². The molecule has 0 saturated carbocycles. The number of nitrogens with one attached hydrogen (secondary N) is 1. The van der Waals surface area contributed by atoms with Crippen molar-refractivity contribution in [3.8, 4) is 0 Å². The normalized spacial score (nSPS) is 24.6. The summed E-state index contributed by atoms with van der Waals surface area (Å²) in [7, 11) is 1.83.